The fourth-order valence-electron chi connectivity index (χ4n) is 2.60. The molecule has 0 aliphatic rings. The number of esters is 1. The number of allylic oxidation sites excluding steroid dienone is 10. The van der Waals surface area contributed by atoms with Gasteiger partial charge >= 0.3 is 11.9 Å². The highest BCUT2D eigenvalue weighted by molar-refractivity contribution is 5.76. The lowest BCUT2D eigenvalue weighted by molar-refractivity contribution is -0.148. The lowest BCUT2D eigenvalue weighted by Crippen LogP contribution is -2.14. The first kappa shape index (κ1) is 27.6. The average molecular weight is 417 g/mol. The Kier molecular flexibility index (Phi) is 19.7. The van der Waals surface area contributed by atoms with Crippen LogP contribution in [0.4, 0.5) is 0 Å². The van der Waals surface area contributed by atoms with Crippen LogP contribution in [0.1, 0.15) is 78.1 Å². The van der Waals surface area contributed by atoms with Crippen molar-refractivity contribution in [3.8, 4) is 0 Å². The number of carboxylic acids is 1. The van der Waals surface area contributed by atoms with E-state index in [1.54, 1.807) is 0 Å². The maximum Gasteiger partial charge on any atom is 0.306 e. The number of carboxylic acid groups (broad SMARTS) is 1. The van der Waals surface area contributed by atoms with Crippen molar-refractivity contribution in [1.82, 2.24) is 0 Å². The van der Waals surface area contributed by atoms with Gasteiger partial charge in [0, 0.05) is 0 Å². The predicted octanol–water partition coefficient (Wildman–Crippen LogP) is 6.95. The number of carbonyl (C=O) groups excluding carboxylic acids is 1. The number of carbonyl (C=O) groups is 2. The Morgan fingerprint density at radius 3 is 1.73 bits per heavy atom. The average Bonchev–Trinajstić information content (AvgIpc) is 2.74. The van der Waals surface area contributed by atoms with E-state index >= 15 is 0 Å². The van der Waals surface area contributed by atoms with Crippen molar-refractivity contribution in [2.24, 2.45) is 5.92 Å². The van der Waals surface area contributed by atoms with E-state index in [-0.39, 0.29) is 12.8 Å². The van der Waals surface area contributed by atoms with Gasteiger partial charge in [0.1, 0.15) is 0 Å². The van der Waals surface area contributed by atoms with E-state index in [1.165, 1.54) is 0 Å². The van der Waals surface area contributed by atoms with Crippen LogP contribution in [0.3, 0.4) is 0 Å². The summed E-state index contributed by atoms with van der Waals surface area (Å²) in [7, 11) is 0. The molecule has 0 fully saturated rings. The summed E-state index contributed by atoms with van der Waals surface area (Å²) in [4.78, 5) is 21.9. The summed E-state index contributed by atoms with van der Waals surface area (Å²) in [5.41, 5.74) is 0. The molecule has 0 radical (unpaired) electrons. The minimum Gasteiger partial charge on any atom is -0.481 e. The number of rotatable bonds is 18. The second-order valence-electron chi connectivity index (χ2n) is 7.14. The third-order valence-electron chi connectivity index (χ3n) is 4.50. The van der Waals surface area contributed by atoms with Gasteiger partial charge in [-0.25, -0.2) is 0 Å². The molecule has 4 nitrogen and oxygen atoms in total. The zero-order chi connectivity index (χ0) is 22.3. The summed E-state index contributed by atoms with van der Waals surface area (Å²) in [5, 5.41) is 8.57. The van der Waals surface area contributed by atoms with Crippen LogP contribution in [0.25, 0.3) is 0 Å². The predicted molar refractivity (Wildman–Crippen MR) is 125 cm³/mol. The van der Waals surface area contributed by atoms with Crippen LogP contribution >= 0.6 is 0 Å². The smallest absolute Gasteiger partial charge is 0.306 e. The number of ether oxygens (including phenoxy) is 1. The van der Waals surface area contributed by atoms with Crippen LogP contribution in [-0.2, 0) is 14.3 Å². The summed E-state index contributed by atoms with van der Waals surface area (Å²) in [6, 6.07) is 0. The van der Waals surface area contributed by atoms with E-state index < -0.39 is 11.9 Å². The van der Waals surface area contributed by atoms with Crippen molar-refractivity contribution in [3.05, 3.63) is 60.8 Å². The molecule has 0 aliphatic heterocycles. The minimum atomic E-state index is -0.975. The van der Waals surface area contributed by atoms with Gasteiger partial charge in [0.2, 0.25) is 0 Å². The van der Waals surface area contributed by atoms with Crippen LogP contribution in [0.15, 0.2) is 60.8 Å². The van der Waals surface area contributed by atoms with Gasteiger partial charge in [-0.1, -0.05) is 81.0 Å². The summed E-state index contributed by atoms with van der Waals surface area (Å²) < 4.78 is 5.17. The van der Waals surface area contributed by atoms with Crippen molar-refractivity contribution < 1.29 is 19.4 Å². The van der Waals surface area contributed by atoms with E-state index in [4.69, 9.17) is 9.84 Å². The van der Waals surface area contributed by atoms with Gasteiger partial charge in [-0.2, -0.15) is 0 Å². The van der Waals surface area contributed by atoms with Crippen molar-refractivity contribution in [2.45, 2.75) is 78.1 Å². The Morgan fingerprint density at radius 1 is 0.767 bits per heavy atom. The van der Waals surface area contributed by atoms with Crippen LogP contribution in [0.2, 0.25) is 0 Å². The van der Waals surface area contributed by atoms with Gasteiger partial charge in [0.25, 0.3) is 0 Å². The van der Waals surface area contributed by atoms with Gasteiger partial charge < -0.3 is 9.84 Å². The zero-order valence-electron chi connectivity index (χ0n) is 18.8. The second-order valence-corrected chi connectivity index (χ2v) is 7.14. The molecule has 1 atom stereocenters. The summed E-state index contributed by atoms with van der Waals surface area (Å²) in [6.07, 6.45) is 29.5. The van der Waals surface area contributed by atoms with E-state index in [2.05, 4.69) is 74.6 Å². The molecule has 4 heteroatoms. The third-order valence-corrected chi connectivity index (χ3v) is 4.50. The molecule has 0 heterocycles. The molecule has 168 valence electrons. The fourth-order valence-corrected chi connectivity index (χ4v) is 2.60. The van der Waals surface area contributed by atoms with E-state index in [0.29, 0.717) is 12.5 Å². The monoisotopic (exact) mass is 416 g/mol. The standard InChI is InChI=1S/C26H40O4/c1-3-5-6-7-8-9-10-11-12-13-14-15-16-17-18-19-20-24(4-2)23-30-26(29)22-21-25(27)28/h5-6,8-9,11-12,14-15,17-18,24H,3-4,7,10,13,16,19-23H2,1-2H3,(H,27,28)/b6-5-,9-8-,12-11-,15-14-,18-17-. The molecule has 0 rings (SSSR count). The van der Waals surface area contributed by atoms with E-state index in [9.17, 15) is 9.59 Å². The molecule has 1 N–H and O–H groups in total. The molecule has 0 aliphatic carbocycles. The highest BCUT2D eigenvalue weighted by Gasteiger charge is 2.11. The first-order valence-electron chi connectivity index (χ1n) is 11.2. The lowest BCUT2D eigenvalue weighted by Gasteiger charge is -2.13. The molecule has 0 amide bonds. The molecule has 0 aromatic carbocycles. The van der Waals surface area contributed by atoms with Crippen molar-refractivity contribution in [2.75, 3.05) is 6.61 Å². The second kappa shape index (κ2) is 21.4. The molecule has 0 saturated heterocycles. The quantitative estimate of drug-likeness (QED) is 0.194. The number of hydrogen-bond acceptors (Lipinski definition) is 3. The van der Waals surface area contributed by atoms with Crippen molar-refractivity contribution >= 4 is 11.9 Å². The normalized spacial score (nSPS) is 13.4. The molecule has 0 spiro atoms. The highest BCUT2D eigenvalue weighted by Crippen LogP contribution is 2.13. The van der Waals surface area contributed by atoms with E-state index in [0.717, 1.165) is 51.4 Å². The maximum atomic E-state index is 11.5. The summed E-state index contributed by atoms with van der Waals surface area (Å²) >= 11 is 0. The minimum absolute atomic E-state index is 0.0550. The molecule has 0 aromatic heterocycles. The van der Waals surface area contributed by atoms with Gasteiger partial charge in [-0.05, 0) is 50.9 Å². The molecular weight excluding hydrogens is 376 g/mol. The Labute approximate surface area is 183 Å². The zero-order valence-corrected chi connectivity index (χ0v) is 18.8. The van der Waals surface area contributed by atoms with Gasteiger partial charge in [-0.15, -0.1) is 0 Å². The topological polar surface area (TPSA) is 63.6 Å². The van der Waals surface area contributed by atoms with Gasteiger partial charge in [-0.3, -0.25) is 9.59 Å². The molecular formula is C26H40O4. The Balaban J connectivity index is 3.75. The first-order chi connectivity index (χ1) is 14.6. The Morgan fingerprint density at radius 2 is 1.27 bits per heavy atom. The first-order valence-corrected chi connectivity index (χ1v) is 11.2. The van der Waals surface area contributed by atoms with Crippen LogP contribution in [-0.4, -0.2) is 23.7 Å². The van der Waals surface area contributed by atoms with Gasteiger partial charge in [0.05, 0.1) is 19.4 Å². The summed E-state index contributed by atoms with van der Waals surface area (Å²) in [6.45, 7) is 4.60. The fraction of sp³-hybridized carbons (Fsp3) is 0.538. The Bertz CT molecular complexity index is 582. The van der Waals surface area contributed by atoms with Crippen molar-refractivity contribution in [3.63, 3.8) is 0 Å². The largest absolute Gasteiger partial charge is 0.481 e. The van der Waals surface area contributed by atoms with Crippen LogP contribution < -0.4 is 0 Å². The number of hydrogen-bond donors (Lipinski definition) is 1. The molecule has 1 unspecified atom stereocenters. The lowest BCUT2D eigenvalue weighted by atomic mass is 10.0. The molecule has 0 saturated carbocycles. The Hall–Kier alpha value is -2.36. The summed E-state index contributed by atoms with van der Waals surface area (Å²) in [5.74, 6) is -1.08. The SMILES string of the molecule is CC/C=C\C/C=C\C/C=C\C/C=C\C/C=C\CCC(CC)COC(=O)CCC(=O)O. The van der Waals surface area contributed by atoms with Crippen LogP contribution in [0, 0.1) is 5.92 Å². The van der Waals surface area contributed by atoms with Crippen LogP contribution in [0.5, 0.6) is 0 Å². The highest BCUT2D eigenvalue weighted by atomic mass is 16.5. The van der Waals surface area contributed by atoms with E-state index in [1.807, 2.05) is 0 Å². The number of aliphatic carboxylic acids is 1. The molecule has 0 aromatic rings. The maximum absolute atomic E-state index is 11.5. The molecule has 30 heavy (non-hydrogen) atoms. The molecule has 0 bridgehead atoms. The third kappa shape index (κ3) is 20.4. The van der Waals surface area contributed by atoms with Crippen molar-refractivity contribution in [1.29, 1.82) is 0 Å². The van der Waals surface area contributed by atoms with Gasteiger partial charge in [0.15, 0.2) is 0 Å².